The quantitative estimate of drug-likeness (QED) is 0.417. The van der Waals surface area contributed by atoms with Crippen LogP contribution in [-0.2, 0) is 4.74 Å². The minimum absolute atomic E-state index is 0.0974. The lowest BCUT2D eigenvalue weighted by Gasteiger charge is -2.60. The average molecular weight is 431 g/mol. The molecule has 3 nitrogen and oxygen atoms in total. The zero-order chi connectivity index (χ0) is 22.2. The van der Waals surface area contributed by atoms with Crippen molar-refractivity contribution in [2.24, 2.45) is 46.3 Å². The highest BCUT2D eigenvalue weighted by atomic mass is 16.6. The summed E-state index contributed by atoms with van der Waals surface area (Å²) in [5.74, 6) is 4.24. The van der Waals surface area contributed by atoms with Gasteiger partial charge in [-0.2, -0.15) is 0 Å². The second-order valence-corrected chi connectivity index (χ2v) is 12.9. The van der Waals surface area contributed by atoms with E-state index in [2.05, 4.69) is 34.3 Å². The highest BCUT2D eigenvalue weighted by Crippen LogP contribution is 2.74. The Balaban J connectivity index is 1.35. The molecule has 5 rings (SSSR count). The van der Waals surface area contributed by atoms with E-state index in [4.69, 9.17) is 4.74 Å². The first-order valence-electron chi connectivity index (χ1n) is 13.3. The van der Waals surface area contributed by atoms with E-state index in [1.807, 2.05) is 0 Å². The number of allylic oxidation sites excluding steroid dienone is 1. The normalized spacial score (nSPS) is 51.5. The van der Waals surface area contributed by atoms with Gasteiger partial charge in [0.15, 0.2) is 0 Å². The van der Waals surface area contributed by atoms with Crippen LogP contribution in [0.15, 0.2) is 12.2 Å². The predicted octanol–water partition coefficient (Wildman–Crippen LogP) is 5.74. The van der Waals surface area contributed by atoms with Crippen LogP contribution in [0.1, 0.15) is 91.9 Å². The van der Waals surface area contributed by atoms with Gasteiger partial charge in [-0.05, 0) is 98.7 Å². The van der Waals surface area contributed by atoms with E-state index in [1.54, 1.807) is 0 Å². The Bertz CT molecular complexity index is 717. The summed E-state index contributed by atoms with van der Waals surface area (Å²) in [5, 5.41) is 21.1. The molecule has 10 atom stereocenters. The molecule has 1 heterocycles. The Labute approximate surface area is 190 Å². The smallest absolute Gasteiger partial charge is 0.105 e. The third kappa shape index (κ3) is 3.08. The van der Waals surface area contributed by atoms with Gasteiger partial charge in [0.1, 0.15) is 5.60 Å². The number of hydrogen-bond donors (Lipinski definition) is 2. The van der Waals surface area contributed by atoms with Gasteiger partial charge in [0, 0.05) is 11.8 Å². The van der Waals surface area contributed by atoms with Crippen LogP contribution in [0.5, 0.6) is 0 Å². The largest absolute Gasteiger partial charge is 0.396 e. The van der Waals surface area contributed by atoms with E-state index < -0.39 is 0 Å². The summed E-state index contributed by atoms with van der Waals surface area (Å²) in [6.07, 6.45) is 11.5. The Morgan fingerprint density at radius 2 is 1.87 bits per heavy atom. The third-order valence-corrected chi connectivity index (χ3v) is 11.5. The molecule has 31 heavy (non-hydrogen) atoms. The number of rotatable bonds is 6. The Hall–Kier alpha value is -0.380. The molecule has 1 spiro atoms. The molecule has 4 saturated carbocycles. The van der Waals surface area contributed by atoms with Gasteiger partial charge in [-0.3, -0.25) is 0 Å². The molecular formula is C28H46O3. The minimum atomic E-state index is -0.243. The highest BCUT2D eigenvalue weighted by Gasteiger charge is 2.77. The number of ether oxygens (including phenoxy) is 1. The first-order valence-corrected chi connectivity index (χ1v) is 13.3. The predicted molar refractivity (Wildman–Crippen MR) is 125 cm³/mol. The van der Waals surface area contributed by atoms with E-state index in [1.165, 1.54) is 50.5 Å². The lowest BCUT2D eigenvalue weighted by atomic mass is 9.44. The molecule has 176 valence electrons. The van der Waals surface area contributed by atoms with E-state index >= 15 is 0 Å². The second kappa shape index (κ2) is 7.57. The van der Waals surface area contributed by atoms with Crippen molar-refractivity contribution in [1.29, 1.82) is 0 Å². The number of aliphatic hydroxyl groups is 2. The van der Waals surface area contributed by atoms with Gasteiger partial charge in [-0.1, -0.05) is 39.8 Å². The monoisotopic (exact) mass is 430 g/mol. The molecule has 0 aromatic heterocycles. The summed E-state index contributed by atoms with van der Waals surface area (Å²) in [6, 6.07) is 0. The number of aliphatic hydroxyl groups excluding tert-OH is 2. The zero-order valence-electron chi connectivity index (χ0n) is 20.4. The van der Waals surface area contributed by atoms with Gasteiger partial charge in [0.2, 0.25) is 0 Å². The van der Waals surface area contributed by atoms with Gasteiger partial charge in [-0.25, -0.2) is 0 Å². The maximum atomic E-state index is 10.7. The Morgan fingerprint density at radius 3 is 2.58 bits per heavy atom. The molecule has 4 aliphatic carbocycles. The summed E-state index contributed by atoms with van der Waals surface area (Å²) in [5.41, 5.74) is 1.55. The number of hydrogen-bond acceptors (Lipinski definition) is 3. The number of epoxide rings is 1. The van der Waals surface area contributed by atoms with Crippen molar-refractivity contribution in [1.82, 2.24) is 0 Å². The molecule has 0 aromatic carbocycles. The molecule has 3 heteroatoms. The molecule has 0 amide bonds. The van der Waals surface area contributed by atoms with Crippen molar-refractivity contribution in [3.63, 3.8) is 0 Å². The van der Waals surface area contributed by atoms with Crippen LogP contribution in [0.2, 0.25) is 0 Å². The molecule has 0 unspecified atom stereocenters. The lowest BCUT2D eigenvalue weighted by Crippen LogP contribution is -2.61. The van der Waals surface area contributed by atoms with Gasteiger partial charge < -0.3 is 14.9 Å². The zero-order valence-corrected chi connectivity index (χ0v) is 20.4. The van der Waals surface area contributed by atoms with Crippen LogP contribution in [0.3, 0.4) is 0 Å². The minimum Gasteiger partial charge on any atom is -0.396 e. The van der Waals surface area contributed by atoms with Crippen molar-refractivity contribution in [2.75, 3.05) is 6.61 Å². The molecule has 0 aromatic rings. The van der Waals surface area contributed by atoms with Crippen LogP contribution in [0, 0.1) is 46.3 Å². The fraction of sp³-hybridized carbons (Fsp3) is 0.929. The molecular weight excluding hydrogens is 384 g/mol. The van der Waals surface area contributed by atoms with Crippen LogP contribution in [0.25, 0.3) is 0 Å². The van der Waals surface area contributed by atoms with Gasteiger partial charge in [0.25, 0.3) is 0 Å². The summed E-state index contributed by atoms with van der Waals surface area (Å²) < 4.78 is 6.44. The Morgan fingerprint density at radius 1 is 1.10 bits per heavy atom. The van der Waals surface area contributed by atoms with Crippen molar-refractivity contribution in [3.05, 3.63) is 12.2 Å². The molecule has 0 bridgehead atoms. The van der Waals surface area contributed by atoms with E-state index in [0.29, 0.717) is 23.2 Å². The third-order valence-electron chi connectivity index (χ3n) is 11.5. The van der Waals surface area contributed by atoms with Crippen LogP contribution < -0.4 is 0 Å². The summed E-state index contributed by atoms with van der Waals surface area (Å²) >= 11 is 0. The summed E-state index contributed by atoms with van der Waals surface area (Å²) in [6.45, 7) is 14.2. The van der Waals surface area contributed by atoms with Crippen LogP contribution in [-0.4, -0.2) is 34.6 Å². The maximum Gasteiger partial charge on any atom is 0.105 e. The molecule has 5 aliphatic rings. The van der Waals surface area contributed by atoms with E-state index in [-0.39, 0.29) is 29.8 Å². The van der Waals surface area contributed by atoms with Gasteiger partial charge in [0.05, 0.1) is 18.8 Å². The lowest BCUT2D eigenvalue weighted by molar-refractivity contribution is -0.144. The van der Waals surface area contributed by atoms with Crippen LogP contribution in [0.4, 0.5) is 0 Å². The average Bonchev–Trinajstić information content (AvgIpc) is 3.30. The van der Waals surface area contributed by atoms with Crippen molar-refractivity contribution < 1.29 is 14.9 Å². The second-order valence-electron chi connectivity index (χ2n) is 12.9. The van der Waals surface area contributed by atoms with Gasteiger partial charge in [-0.15, -0.1) is 0 Å². The first kappa shape index (κ1) is 22.4. The number of fused-ring (bicyclic) bond motifs is 4. The van der Waals surface area contributed by atoms with Crippen molar-refractivity contribution in [3.8, 4) is 0 Å². The highest BCUT2D eigenvalue weighted by molar-refractivity contribution is 5.25. The van der Waals surface area contributed by atoms with E-state index in [9.17, 15) is 10.2 Å². The van der Waals surface area contributed by atoms with Crippen molar-refractivity contribution >= 4 is 0 Å². The fourth-order valence-corrected chi connectivity index (χ4v) is 9.62. The molecule has 5 fully saturated rings. The molecule has 1 aliphatic heterocycles. The van der Waals surface area contributed by atoms with Gasteiger partial charge >= 0.3 is 0 Å². The topological polar surface area (TPSA) is 53.0 Å². The standard InChI is InChI=1S/C28H46O3/c1-17(2)18(3)6-7-19(4)22-8-9-23-21-14-25-28(31-25)15-20(30)10-13-27(28,16-29)24(21)11-12-26(22,23)5/h17,19-25,29-30H,3,6-16H2,1-2,4-5H3/t19-,20+,21+,22-,23+,24+,25-,26-,27+,28-/m1/s1. The SMILES string of the molecule is C=C(CC[C@@H](C)[C@H]1CC[C@H]2[C@@H]3C[C@H]4O[C@]45C[C@@H](O)CC[C@]5(CO)[C@H]3CC[C@]12C)C(C)C. The fourth-order valence-electron chi connectivity index (χ4n) is 9.62. The summed E-state index contributed by atoms with van der Waals surface area (Å²) in [7, 11) is 0. The van der Waals surface area contributed by atoms with Crippen molar-refractivity contribution in [2.45, 2.75) is 110 Å². The molecule has 1 saturated heterocycles. The first-order chi connectivity index (χ1) is 14.7. The maximum absolute atomic E-state index is 10.7. The summed E-state index contributed by atoms with van der Waals surface area (Å²) in [4.78, 5) is 0. The molecule has 2 N–H and O–H groups in total. The Kier molecular flexibility index (Phi) is 5.47. The van der Waals surface area contributed by atoms with E-state index in [0.717, 1.165) is 37.0 Å². The molecule has 0 radical (unpaired) electrons. The van der Waals surface area contributed by atoms with Crippen LogP contribution >= 0.6 is 0 Å².